The molecular weight excluding hydrogens is 366 g/mol. The maximum atomic E-state index is 13.4. The van der Waals surface area contributed by atoms with Crippen LogP contribution in [-0.4, -0.2) is 59.2 Å². The van der Waals surface area contributed by atoms with Crippen LogP contribution in [0.1, 0.15) is 41.7 Å². The van der Waals surface area contributed by atoms with Crippen LogP contribution in [0.15, 0.2) is 53.5 Å². The van der Waals surface area contributed by atoms with Gasteiger partial charge >= 0.3 is 0 Å². The van der Waals surface area contributed by atoms with E-state index in [1.165, 1.54) is 18.9 Å². The third kappa shape index (κ3) is 4.28. The number of ether oxygens (including phenoxy) is 1. The predicted molar refractivity (Wildman–Crippen MR) is 112 cm³/mol. The van der Waals surface area contributed by atoms with Crippen molar-refractivity contribution >= 4 is 5.91 Å². The summed E-state index contributed by atoms with van der Waals surface area (Å²) in [5.41, 5.74) is 1.38. The third-order valence-electron chi connectivity index (χ3n) is 5.97. The van der Waals surface area contributed by atoms with E-state index in [9.17, 15) is 9.59 Å². The number of hydrogen-bond acceptors (Lipinski definition) is 4. The van der Waals surface area contributed by atoms with E-state index in [2.05, 4.69) is 17.0 Å². The molecule has 0 unspecified atom stereocenters. The fourth-order valence-electron chi connectivity index (χ4n) is 4.45. The van der Waals surface area contributed by atoms with Crippen LogP contribution in [0.3, 0.4) is 0 Å². The Bertz CT molecular complexity index is 890. The van der Waals surface area contributed by atoms with Crippen molar-refractivity contribution in [3.63, 3.8) is 0 Å². The second-order valence-corrected chi connectivity index (χ2v) is 7.81. The number of morpholine rings is 1. The van der Waals surface area contributed by atoms with Crippen molar-refractivity contribution in [3.05, 3.63) is 70.1 Å². The van der Waals surface area contributed by atoms with Crippen LogP contribution in [0.2, 0.25) is 0 Å². The molecule has 2 aliphatic heterocycles. The average molecular weight is 396 g/mol. The molecule has 6 nitrogen and oxygen atoms in total. The van der Waals surface area contributed by atoms with Crippen LogP contribution in [0.4, 0.5) is 0 Å². The molecule has 2 saturated heterocycles. The number of rotatable bonds is 5. The summed E-state index contributed by atoms with van der Waals surface area (Å²) in [6.07, 6.45) is 4.07. The van der Waals surface area contributed by atoms with Gasteiger partial charge in [0, 0.05) is 37.5 Å². The van der Waals surface area contributed by atoms with E-state index in [0.29, 0.717) is 25.3 Å². The van der Waals surface area contributed by atoms with Crippen LogP contribution >= 0.6 is 0 Å². The molecule has 1 aromatic heterocycles. The van der Waals surface area contributed by atoms with Crippen LogP contribution < -0.4 is 5.56 Å². The lowest BCUT2D eigenvalue weighted by Crippen LogP contribution is -2.51. The minimum Gasteiger partial charge on any atom is -0.373 e. The van der Waals surface area contributed by atoms with Crippen molar-refractivity contribution in [2.24, 2.45) is 0 Å². The summed E-state index contributed by atoms with van der Waals surface area (Å²) >= 11 is 0. The van der Waals surface area contributed by atoms with Gasteiger partial charge in [0.25, 0.3) is 11.5 Å². The number of aromatic nitrogens is 1. The lowest BCUT2D eigenvalue weighted by molar-refractivity contribution is -0.0707. The Morgan fingerprint density at radius 1 is 1.10 bits per heavy atom. The van der Waals surface area contributed by atoms with Crippen LogP contribution in [0, 0.1) is 0 Å². The van der Waals surface area contributed by atoms with E-state index in [0.717, 1.165) is 25.2 Å². The van der Waals surface area contributed by atoms with Gasteiger partial charge in [0.2, 0.25) is 0 Å². The molecule has 2 aromatic rings. The van der Waals surface area contributed by atoms with Gasteiger partial charge in [-0.3, -0.25) is 9.59 Å². The number of nitrogens with zero attached hydrogens (tertiary/aromatic N) is 3. The molecule has 0 saturated carbocycles. The van der Waals surface area contributed by atoms with Crippen molar-refractivity contribution in [3.8, 4) is 0 Å². The monoisotopic (exact) mass is 395 g/mol. The summed E-state index contributed by atoms with van der Waals surface area (Å²) in [5.74, 6) is -0.103. The first-order chi connectivity index (χ1) is 14.2. The van der Waals surface area contributed by atoms with Crippen molar-refractivity contribution in [2.45, 2.75) is 38.5 Å². The molecule has 1 aromatic carbocycles. The topological polar surface area (TPSA) is 54.8 Å². The fourth-order valence-corrected chi connectivity index (χ4v) is 4.45. The maximum Gasteiger partial charge on any atom is 0.254 e. The highest BCUT2D eigenvalue weighted by molar-refractivity contribution is 5.94. The molecule has 2 aliphatic rings. The molecule has 0 N–H and O–H groups in total. The van der Waals surface area contributed by atoms with Gasteiger partial charge < -0.3 is 19.1 Å². The number of amides is 1. The van der Waals surface area contributed by atoms with Gasteiger partial charge in [0.1, 0.15) is 0 Å². The standard InChI is InChI=1S/C23H29N3O3/c1-2-25-13-10-19(16-21(25)27)23(28)26-14-15-29-20(17-24-11-6-7-12-24)22(26)18-8-4-3-5-9-18/h3-5,8-10,13,16,20,22H,2,6-7,11-12,14-15,17H2,1H3/t20-,22-/m0/s1. The maximum absolute atomic E-state index is 13.4. The van der Waals surface area contributed by atoms with E-state index in [1.807, 2.05) is 30.0 Å². The zero-order chi connectivity index (χ0) is 20.2. The first kappa shape index (κ1) is 19.9. The highest BCUT2D eigenvalue weighted by Gasteiger charge is 2.38. The van der Waals surface area contributed by atoms with Crippen molar-refractivity contribution in [1.82, 2.24) is 14.4 Å². The molecule has 29 heavy (non-hydrogen) atoms. The Hall–Kier alpha value is -2.44. The third-order valence-corrected chi connectivity index (χ3v) is 5.97. The van der Waals surface area contributed by atoms with Crippen LogP contribution in [-0.2, 0) is 11.3 Å². The number of benzene rings is 1. The van der Waals surface area contributed by atoms with Gasteiger partial charge in [-0.05, 0) is 44.5 Å². The molecule has 1 amide bonds. The van der Waals surface area contributed by atoms with Crippen molar-refractivity contribution in [1.29, 1.82) is 0 Å². The fraction of sp³-hybridized carbons (Fsp3) is 0.478. The van der Waals surface area contributed by atoms with Gasteiger partial charge in [-0.15, -0.1) is 0 Å². The first-order valence-corrected chi connectivity index (χ1v) is 10.6. The zero-order valence-electron chi connectivity index (χ0n) is 17.0. The van der Waals surface area contributed by atoms with Crippen molar-refractivity contribution < 1.29 is 9.53 Å². The minimum absolute atomic E-state index is 0.0794. The Morgan fingerprint density at radius 2 is 1.86 bits per heavy atom. The number of carbonyl (C=O) groups excluding carboxylic acids is 1. The number of aryl methyl sites for hydroxylation is 1. The Kier molecular flexibility index (Phi) is 6.11. The average Bonchev–Trinajstić information content (AvgIpc) is 3.26. The molecule has 0 radical (unpaired) electrons. The molecule has 3 heterocycles. The van der Waals surface area contributed by atoms with Gasteiger partial charge in [0.05, 0.1) is 18.8 Å². The van der Waals surface area contributed by atoms with Gasteiger partial charge in [0.15, 0.2) is 0 Å². The first-order valence-electron chi connectivity index (χ1n) is 10.6. The highest BCUT2D eigenvalue weighted by Crippen LogP contribution is 2.32. The molecule has 0 bridgehead atoms. The molecule has 2 atom stereocenters. The van der Waals surface area contributed by atoms with Gasteiger partial charge in [-0.2, -0.15) is 0 Å². The molecule has 154 valence electrons. The summed E-state index contributed by atoms with van der Waals surface area (Å²) in [6.45, 7) is 6.54. The SMILES string of the molecule is CCn1ccc(C(=O)N2CCO[C@@H](CN3CCCC3)[C@@H]2c2ccccc2)cc1=O. The van der Waals surface area contributed by atoms with E-state index in [1.54, 1.807) is 16.8 Å². The molecule has 4 rings (SSSR count). The Labute approximate surface area is 171 Å². The number of hydrogen-bond donors (Lipinski definition) is 0. The summed E-state index contributed by atoms with van der Waals surface area (Å²) in [5, 5.41) is 0. The quantitative estimate of drug-likeness (QED) is 0.781. The molecule has 0 spiro atoms. The van der Waals surface area contributed by atoms with Gasteiger partial charge in [-0.1, -0.05) is 30.3 Å². The van der Waals surface area contributed by atoms with E-state index in [4.69, 9.17) is 4.74 Å². The largest absolute Gasteiger partial charge is 0.373 e. The lowest BCUT2D eigenvalue weighted by Gasteiger charge is -2.42. The second kappa shape index (κ2) is 8.93. The summed E-state index contributed by atoms with van der Waals surface area (Å²) < 4.78 is 7.78. The summed E-state index contributed by atoms with van der Waals surface area (Å²) in [4.78, 5) is 30.0. The second-order valence-electron chi connectivity index (χ2n) is 7.81. The number of carbonyl (C=O) groups is 1. The van der Waals surface area contributed by atoms with Gasteiger partial charge in [-0.25, -0.2) is 0 Å². The van der Waals surface area contributed by atoms with E-state index < -0.39 is 0 Å². The summed E-state index contributed by atoms with van der Waals surface area (Å²) in [7, 11) is 0. The molecular formula is C23H29N3O3. The molecule has 2 fully saturated rings. The van der Waals surface area contributed by atoms with E-state index in [-0.39, 0.29) is 23.6 Å². The predicted octanol–water partition coefficient (Wildman–Crippen LogP) is 2.55. The zero-order valence-corrected chi connectivity index (χ0v) is 17.0. The Balaban J connectivity index is 1.64. The van der Waals surface area contributed by atoms with E-state index >= 15 is 0 Å². The molecule has 6 heteroatoms. The van der Waals surface area contributed by atoms with Crippen LogP contribution in [0.5, 0.6) is 0 Å². The van der Waals surface area contributed by atoms with Crippen LogP contribution in [0.25, 0.3) is 0 Å². The number of pyridine rings is 1. The molecule has 0 aliphatic carbocycles. The van der Waals surface area contributed by atoms with Crippen molar-refractivity contribution in [2.75, 3.05) is 32.8 Å². The smallest absolute Gasteiger partial charge is 0.254 e. The highest BCUT2D eigenvalue weighted by atomic mass is 16.5. The normalized spacial score (nSPS) is 22.7. The summed E-state index contributed by atoms with van der Waals surface area (Å²) in [6, 6.07) is 13.2. The Morgan fingerprint density at radius 3 is 2.55 bits per heavy atom. The number of likely N-dealkylation sites (tertiary alicyclic amines) is 1. The lowest BCUT2D eigenvalue weighted by atomic mass is 9.96. The minimum atomic E-state index is -0.161.